The van der Waals surface area contributed by atoms with Gasteiger partial charge in [0.2, 0.25) is 0 Å². The molecule has 0 amide bonds. The molecule has 1 aliphatic heterocycles. The van der Waals surface area contributed by atoms with Crippen LogP contribution in [-0.2, 0) is 0 Å². The maximum atomic E-state index is 8.12. The minimum atomic E-state index is -2.05. The molecule has 25 heavy (non-hydrogen) atoms. The molecule has 0 bridgehead atoms. The lowest BCUT2D eigenvalue weighted by molar-refractivity contribution is 0.554. The highest BCUT2D eigenvalue weighted by atomic mass is 35.6. The van der Waals surface area contributed by atoms with Crippen molar-refractivity contribution >= 4 is 41.7 Å². The quantitative estimate of drug-likeness (QED) is 0.311. The number of hydrogen-bond donors (Lipinski definition) is 0. The highest BCUT2D eigenvalue weighted by molar-refractivity contribution is 7.75. The van der Waals surface area contributed by atoms with Crippen LogP contribution in [0.3, 0.4) is 0 Å². The third-order valence-electron chi connectivity index (χ3n) is 6.27. The molecular formula is C20H45ClSi4. The molecule has 0 saturated carbocycles. The van der Waals surface area contributed by atoms with Crippen molar-refractivity contribution in [2.75, 3.05) is 0 Å². The number of hydrogen-bond acceptors (Lipinski definition) is 0. The van der Waals surface area contributed by atoms with Crippen molar-refractivity contribution in [2.24, 2.45) is 0 Å². The van der Waals surface area contributed by atoms with Crippen molar-refractivity contribution in [1.82, 2.24) is 0 Å². The van der Waals surface area contributed by atoms with Crippen molar-refractivity contribution in [3.05, 3.63) is 9.64 Å². The van der Waals surface area contributed by atoms with Crippen molar-refractivity contribution in [1.29, 1.82) is 0 Å². The first-order valence-corrected chi connectivity index (χ1v) is 23.0. The van der Waals surface area contributed by atoms with Gasteiger partial charge in [0.15, 0.2) is 6.90 Å². The van der Waals surface area contributed by atoms with Crippen LogP contribution >= 0.6 is 11.1 Å². The van der Waals surface area contributed by atoms with Gasteiger partial charge in [-0.25, -0.2) is 0 Å². The molecular weight excluding hydrogens is 388 g/mol. The van der Waals surface area contributed by atoms with Gasteiger partial charge in [0.1, 0.15) is 0 Å². The zero-order valence-corrected chi connectivity index (χ0v) is 24.6. The van der Waals surface area contributed by atoms with Crippen molar-refractivity contribution in [2.45, 2.75) is 117 Å². The van der Waals surface area contributed by atoms with Gasteiger partial charge >= 0.3 is 0 Å². The topological polar surface area (TPSA) is 0 Å². The summed E-state index contributed by atoms with van der Waals surface area (Å²) in [6, 6.07) is 0. The van der Waals surface area contributed by atoms with Gasteiger partial charge < -0.3 is 0 Å². The zero-order chi connectivity index (χ0) is 20.7. The Kier molecular flexibility index (Phi) is 5.69. The molecule has 0 aromatic rings. The van der Waals surface area contributed by atoms with Crippen LogP contribution in [-0.4, -0.2) is 30.6 Å². The summed E-state index contributed by atoms with van der Waals surface area (Å²) < 4.78 is 0. The molecule has 5 heteroatoms. The van der Waals surface area contributed by atoms with E-state index < -0.39 is 30.6 Å². The van der Waals surface area contributed by atoms with Crippen LogP contribution in [0.5, 0.6) is 0 Å². The molecule has 0 radical (unpaired) electrons. The molecule has 1 rings (SSSR count). The maximum Gasteiger partial charge on any atom is 0.190 e. The van der Waals surface area contributed by atoms with Crippen molar-refractivity contribution in [3.63, 3.8) is 0 Å². The minimum absolute atomic E-state index is 0.295. The third-order valence-corrected chi connectivity index (χ3v) is 44.2. The van der Waals surface area contributed by atoms with E-state index in [1.807, 2.05) is 9.64 Å². The standard InChI is InChI=1S/C20H45ClSi4/c1-18(2,3)25(19(4,5)6,20(7,8)9)24(21)16(22(10,11)12)17(24)23(13,14)15/h1-15H3. The summed E-state index contributed by atoms with van der Waals surface area (Å²) in [5.41, 5.74) is 0. The van der Waals surface area contributed by atoms with E-state index >= 15 is 0 Å². The zero-order valence-electron chi connectivity index (χ0n) is 19.9. The van der Waals surface area contributed by atoms with Gasteiger partial charge in [0.25, 0.3) is 0 Å². The first-order valence-electron chi connectivity index (χ1n) is 9.94. The van der Waals surface area contributed by atoms with E-state index in [1.54, 1.807) is 0 Å². The smallest absolute Gasteiger partial charge is 0.160 e. The van der Waals surface area contributed by atoms with Gasteiger partial charge in [-0.1, -0.05) is 111 Å². The second kappa shape index (κ2) is 5.95. The predicted molar refractivity (Wildman–Crippen MR) is 130 cm³/mol. The Morgan fingerprint density at radius 2 is 0.760 bits per heavy atom. The van der Waals surface area contributed by atoms with Crippen LogP contribution in [0.25, 0.3) is 0 Å². The van der Waals surface area contributed by atoms with E-state index in [-0.39, 0.29) is 0 Å². The molecule has 0 fully saturated rings. The molecule has 0 nitrogen and oxygen atoms in total. The van der Waals surface area contributed by atoms with E-state index in [1.165, 1.54) is 0 Å². The molecule has 0 aliphatic carbocycles. The van der Waals surface area contributed by atoms with Crippen LogP contribution in [0.15, 0.2) is 9.64 Å². The van der Waals surface area contributed by atoms with Crippen LogP contribution in [0.2, 0.25) is 54.4 Å². The molecule has 0 saturated heterocycles. The van der Waals surface area contributed by atoms with E-state index in [9.17, 15) is 0 Å². The summed E-state index contributed by atoms with van der Waals surface area (Å²) in [7, 11) is -4.73. The molecule has 0 spiro atoms. The van der Waals surface area contributed by atoms with Gasteiger partial charge in [0, 0.05) is 0 Å². The summed E-state index contributed by atoms with van der Waals surface area (Å²) in [4.78, 5) is 3.76. The summed E-state index contributed by atoms with van der Waals surface area (Å²) in [5.74, 6) is 0. The number of halogens is 1. The summed E-state index contributed by atoms with van der Waals surface area (Å²) in [5, 5.41) is 0.886. The molecule has 1 heterocycles. The normalized spacial score (nSPS) is 20.2. The van der Waals surface area contributed by atoms with Gasteiger partial charge in [-0.15, -0.1) is 0 Å². The van der Waals surface area contributed by atoms with E-state index in [2.05, 4.69) is 102 Å². The van der Waals surface area contributed by atoms with Crippen LogP contribution in [0.4, 0.5) is 0 Å². The monoisotopic (exact) mass is 432 g/mol. The number of rotatable bonds is 3. The van der Waals surface area contributed by atoms with Crippen molar-refractivity contribution < 1.29 is 0 Å². The molecule has 0 aromatic carbocycles. The maximum absolute atomic E-state index is 8.12. The highest BCUT2D eigenvalue weighted by Crippen LogP contribution is 2.74. The lowest BCUT2D eigenvalue weighted by atomic mass is 10.2. The molecule has 0 N–H and O–H groups in total. The second-order valence-electron chi connectivity index (χ2n) is 13.4. The lowest BCUT2D eigenvalue weighted by Gasteiger charge is -2.63. The van der Waals surface area contributed by atoms with E-state index in [0.717, 1.165) is 0 Å². The average Bonchev–Trinajstić information content (AvgIpc) is 2.76. The van der Waals surface area contributed by atoms with Crippen LogP contribution < -0.4 is 0 Å². The second-order valence-corrected chi connectivity index (χ2v) is 39.9. The predicted octanol–water partition coefficient (Wildman–Crippen LogP) is 8.24. The SMILES string of the molecule is CC(C)(C)[Si](C(C)(C)C)(C(C)(C)C)[Si]1(Cl)C([Si](C)(C)C)=C1[Si](C)(C)C. The highest BCUT2D eigenvalue weighted by Gasteiger charge is 2.80. The fourth-order valence-corrected chi connectivity index (χ4v) is 72.2. The van der Waals surface area contributed by atoms with E-state index in [4.69, 9.17) is 11.1 Å². The largest absolute Gasteiger partial charge is 0.190 e. The van der Waals surface area contributed by atoms with Crippen molar-refractivity contribution in [3.8, 4) is 0 Å². The molecule has 1 aliphatic rings. The lowest BCUT2D eigenvalue weighted by Crippen LogP contribution is -2.72. The Morgan fingerprint density at radius 1 is 0.560 bits per heavy atom. The minimum Gasteiger partial charge on any atom is -0.160 e. The Labute approximate surface area is 167 Å². The van der Waals surface area contributed by atoms with E-state index in [0.29, 0.717) is 15.1 Å². The summed E-state index contributed by atoms with van der Waals surface area (Å²) >= 11 is 8.12. The van der Waals surface area contributed by atoms with Gasteiger partial charge in [-0.2, -0.15) is 11.1 Å². The molecule has 0 aromatic heterocycles. The summed E-state index contributed by atoms with van der Waals surface area (Å²) in [6.07, 6.45) is 0. The Morgan fingerprint density at radius 3 is 0.880 bits per heavy atom. The van der Waals surface area contributed by atoms with Crippen LogP contribution in [0.1, 0.15) is 62.3 Å². The van der Waals surface area contributed by atoms with Gasteiger partial charge in [-0.3, -0.25) is 0 Å². The van der Waals surface area contributed by atoms with Gasteiger partial charge in [0.05, 0.1) is 23.7 Å². The van der Waals surface area contributed by atoms with Crippen LogP contribution in [0, 0.1) is 0 Å². The first kappa shape index (κ1) is 23.9. The Balaban J connectivity index is 3.99. The average molecular weight is 433 g/mol. The Hall–Kier alpha value is 0.898. The summed E-state index contributed by atoms with van der Waals surface area (Å²) in [6.45, 7) is 35.9. The third kappa shape index (κ3) is 3.30. The Bertz CT molecular complexity index is 509. The molecule has 0 unspecified atom stereocenters. The molecule has 148 valence electrons. The molecule has 0 atom stereocenters. The fourth-order valence-electron chi connectivity index (χ4n) is 7.34. The first-order chi connectivity index (χ1) is 10.5. The fraction of sp³-hybridized carbons (Fsp3) is 0.900. The van der Waals surface area contributed by atoms with Gasteiger partial charge in [-0.05, 0) is 15.1 Å².